The van der Waals surface area contributed by atoms with Gasteiger partial charge in [-0.1, -0.05) is 24.9 Å². The van der Waals surface area contributed by atoms with Crippen LogP contribution in [-0.4, -0.2) is 11.0 Å². The van der Waals surface area contributed by atoms with Crippen molar-refractivity contribution in [2.24, 2.45) is 5.73 Å². The highest BCUT2D eigenvalue weighted by molar-refractivity contribution is 7.82. The molecule has 1 aromatic heterocycles. The van der Waals surface area contributed by atoms with E-state index < -0.39 is 6.03 Å². The van der Waals surface area contributed by atoms with Gasteiger partial charge in [0, 0.05) is 12.4 Å². The number of hydrogen-bond acceptors (Lipinski definition) is 3. The zero-order chi connectivity index (χ0) is 12.3. The number of aromatic nitrogens is 1. The molecule has 0 radical (unpaired) electrons. The molecule has 0 saturated heterocycles. The molecule has 0 atom stereocenters. The Balaban J connectivity index is 2.28. The molecular weight excluding hydrogens is 234 g/mol. The summed E-state index contributed by atoms with van der Waals surface area (Å²) in [5, 5.41) is 0. The summed E-state index contributed by atoms with van der Waals surface area (Å²) in [5.41, 5.74) is 7.87. The molecule has 0 fully saturated rings. The number of amides is 2. The molecule has 0 aliphatic rings. The molecule has 5 heteroatoms. The van der Waals surface area contributed by atoms with E-state index in [0.717, 1.165) is 15.4 Å². The lowest BCUT2D eigenvalue weighted by Gasteiger charge is -2.12. The summed E-state index contributed by atoms with van der Waals surface area (Å²) >= 11 is 3.98. The number of carbonyl (C=O) groups is 1. The maximum atomic E-state index is 10.9. The Bertz CT molecular complexity index is 513. The van der Waals surface area contributed by atoms with Gasteiger partial charge in [0.15, 0.2) is 0 Å². The van der Waals surface area contributed by atoms with Crippen LogP contribution in [-0.2, 0) is 0 Å². The minimum Gasteiger partial charge on any atom is -0.350 e. The Hall–Kier alpha value is -2.01. The maximum absolute atomic E-state index is 10.9. The molecule has 0 spiro atoms. The second-order valence-electron chi connectivity index (χ2n) is 3.43. The Morgan fingerprint density at radius 2 is 1.59 bits per heavy atom. The van der Waals surface area contributed by atoms with Crippen molar-refractivity contribution in [1.29, 1.82) is 0 Å². The lowest BCUT2D eigenvalue weighted by molar-refractivity contribution is 0.257. The Morgan fingerprint density at radius 3 is 2.12 bits per heavy atom. The van der Waals surface area contributed by atoms with Gasteiger partial charge in [-0.3, -0.25) is 4.98 Å². The number of nitrogens with two attached hydrogens (primary N) is 1. The molecule has 2 amide bonds. The summed E-state index contributed by atoms with van der Waals surface area (Å²) < 4.78 is 1.09. The van der Waals surface area contributed by atoms with Crippen LogP contribution in [0.15, 0.2) is 48.8 Å². The lowest BCUT2D eigenvalue weighted by atomic mass is 10.1. The monoisotopic (exact) mass is 245 g/mol. The molecule has 2 rings (SSSR count). The van der Waals surface area contributed by atoms with E-state index in [9.17, 15) is 4.79 Å². The van der Waals surface area contributed by atoms with Crippen molar-refractivity contribution in [3.05, 3.63) is 48.8 Å². The predicted molar refractivity (Wildman–Crippen MR) is 70.7 cm³/mol. The average Bonchev–Trinajstić information content (AvgIpc) is 2.39. The fourth-order valence-corrected chi connectivity index (χ4v) is 1.60. The number of pyridine rings is 1. The zero-order valence-electron chi connectivity index (χ0n) is 8.95. The first kappa shape index (κ1) is 11.5. The number of primary amides is 1. The first-order chi connectivity index (χ1) is 8.18. The van der Waals surface area contributed by atoms with Crippen molar-refractivity contribution in [2.45, 2.75) is 0 Å². The number of hydrogen-bond donors (Lipinski definition) is 2. The number of thiol groups is 1. The fraction of sp³-hybridized carbons (Fsp3) is 0. The summed E-state index contributed by atoms with van der Waals surface area (Å²) in [5.74, 6) is 0. The molecule has 2 aromatic rings. The van der Waals surface area contributed by atoms with Crippen LogP contribution in [0.25, 0.3) is 11.1 Å². The van der Waals surface area contributed by atoms with Crippen molar-refractivity contribution in [1.82, 2.24) is 4.98 Å². The van der Waals surface area contributed by atoms with Gasteiger partial charge in [-0.05, 0) is 35.4 Å². The molecule has 4 nitrogen and oxygen atoms in total. The summed E-state index contributed by atoms with van der Waals surface area (Å²) in [7, 11) is 0. The number of benzene rings is 1. The molecular formula is C12H11N3OS. The van der Waals surface area contributed by atoms with Gasteiger partial charge in [0.25, 0.3) is 0 Å². The zero-order valence-corrected chi connectivity index (χ0v) is 9.84. The van der Waals surface area contributed by atoms with Gasteiger partial charge in [0.05, 0.1) is 5.69 Å². The Labute approximate surface area is 105 Å². The topological polar surface area (TPSA) is 59.2 Å². The van der Waals surface area contributed by atoms with Crippen molar-refractivity contribution < 1.29 is 4.79 Å². The minimum atomic E-state index is -0.606. The van der Waals surface area contributed by atoms with E-state index in [2.05, 4.69) is 17.8 Å². The van der Waals surface area contributed by atoms with Crippen molar-refractivity contribution in [3.63, 3.8) is 0 Å². The lowest BCUT2D eigenvalue weighted by Crippen LogP contribution is -2.27. The maximum Gasteiger partial charge on any atom is 0.329 e. The molecule has 86 valence electrons. The van der Waals surface area contributed by atoms with Crippen LogP contribution in [0.2, 0.25) is 0 Å². The third-order valence-corrected chi connectivity index (χ3v) is 2.76. The summed E-state index contributed by atoms with van der Waals surface area (Å²) in [4.78, 5) is 14.9. The minimum absolute atomic E-state index is 0.606. The first-order valence-electron chi connectivity index (χ1n) is 4.97. The van der Waals surface area contributed by atoms with Gasteiger partial charge in [-0.15, -0.1) is 0 Å². The molecule has 0 aliphatic heterocycles. The van der Waals surface area contributed by atoms with Gasteiger partial charge < -0.3 is 5.73 Å². The normalized spacial score (nSPS) is 9.94. The van der Waals surface area contributed by atoms with E-state index in [1.54, 1.807) is 24.5 Å². The summed E-state index contributed by atoms with van der Waals surface area (Å²) in [6, 6.07) is 10.6. The SMILES string of the molecule is NC(=O)N(S)c1ccc(-c2ccncc2)cc1. The molecule has 2 N–H and O–H groups in total. The number of nitrogens with zero attached hydrogens (tertiary/aromatic N) is 2. The molecule has 1 aromatic carbocycles. The van der Waals surface area contributed by atoms with E-state index in [1.165, 1.54) is 0 Å². The summed E-state index contributed by atoms with van der Waals surface area (Å²) in [6.07, 6.45) is 3.47. The molecule has 17 heavy (non-hydrogen) atoms. The van der Waals surface area contributed by atoms with Crippen LogP contribution in [0, 0.1) is 0 Å². The molecule has 0 bridgehead atoms. The number of carbonyl (C=O) groups excluding carboxylic acids is 1. The second-order valence-corrected chi connectivity index (χ2v) is 3.83. The number of urea groups is 1. The van der Waals surface area contributed by atoms with Crippen molar-refractivity contribution in [2.75, 3.05) is 4.31 Å². The molecule has 1 heterocycles. The van der Waals surface area contributed by atoms with Crippen LogP contribution in [0.4, 0.5) is 10.5 Å². The van der Waals surface area contributed by atoms with Gasteiger partial charge in [0.2, 0.25) is 0 Å². The Morgan fingerprint density at radius 1 is 1.06 bits per heavy atom. The second kappa shape index (κ2) is 4.88. The Kier molecular flexibility index (Phi) is 3.30. The van der Waals surface area contributed by atoms with Crippen LogP contribution < -0.4 is 10.0 Å². The highest BCUT2D eigenvalue weighted by Gasteiger charge is 2.07. The highest BCUT2D eigenvalue weighted by atomic mass is 32.1. The number of anilines is 1. The average molecular weight is 245 g/mol. The van der Waals surface area contributed by atoms with E-state index in [-0.39, 0.29) is 0 Å². The fourth-order valence-electron chi connectivity index (χ4n) is 1.47. The standard InChI is InChI=1S/C12H11N3OS/c13-12(16)15(17)11-3-1-9(2-4-11)10-5-7-14-8-6-10/h1-8,17H,(H2,13,16). The molecule has 0 saturated carbocycles. The van der Waals surface area contributed by atoms with Gasteiger partial charge >= 0.3 is 6.03 Å². The smallest absolute Gasteiger partial charge is 0.329 e. The van der Waals surface area contributed by atoms with Crippen molar-refractivity contribution >= 4 is 24.5 Å². The van der Waals surface area contributed by atoms with Gasteiger partial charge in [0.1, 0.15) is 0 Å². The largest absolute Gasteiger partial charge is 0.350 e. The van der Waals surface area contributed by atoms with Crippen LogP contribution in [0.1, 0.15) is 0 Å². The molecule has 0 unspecified atom stereocenters. The summed E-state index contributed by atoms with van der Waals surface area (Å²) in [6.45, 7) is 0. The van der Waals surface area contributed by atoms with E-state index in [1.807, 2.05) is 24.3 Å². The molecule has 0 aliphatic carbocycles. The third kappa shape index (κ3) is 2.57. The van der Waals surface area contributed by atoms with Gasteiger partial charge in [-0.2, -0.15) is 0 Å². The predicted octanol–water partition coefficient (Wildman–Crippen LogP) is 2.48. The van der Waals surface area contributed by atoms with Crippen molar-refractivity contribution in [3.8, 4) is 11.1 Å². The highest BCUT2D eigenvalue weighted by Crippen LogP contribution is 2.23. The van der Waals surface area contributed by atoms with Crippen LogP contribution in [0.5, 0.6) is 0 Å². The van der Waals surface area contributed by atoms with E-state index in [0.29, 0.717) is 5.69 Å². The van der Waals surface area contributed by atoms with E-state index in [4.69, 9.17) is 5.73 Å². The third-order valence-electron chi connectivity index (χ3n) is 2.33. The quantitative estimate of drug-likeness (QED) is 0.798. The van der Waals surface area contributed by atoms with E-state index >= 15 is 0 Å². The van der Waals surface area contributed by atoms with Gasteiger partial charge in [-0.25, -0.2) is 9.10 Å². The van der Waals surface area contributed by atoms with Crippen LogP contribution >= 0.6 is 12.8 Å². The van der Waals surface area contributed by atoms with Crippen LogP contribution in [0.3, 0.4) is 0 Å². The first-order valence-corrected chi connectivity index (χ1v) is 5.37. The number of rotatable bonds is 2.